The van der Waals surface area contributed by atoms with Crippen molar-refractivity contribution in [3.63, 3.8) is 0 Å². The second kappa shape index (κ2) is 6.89. The minimum Gasteiger partial charge on any atom is -0.307 e. The highest BCUT2D eigenvalue weighted by atomic mass is 35.5. The molecule has 2 aromatic heterocycles. The molecule has 2 aromatic rings. The van der Waals surface area contributed by atoms with Crippen LogP contribution in [-0.2, 0) is 13.1 Å². The summed E-state index contributed by atoms with van der Waals surface area (Å²) in [6.45, 7) is 4.18. The van der Waals surface area contributed by atoms with Crippen LogP contribution in [-0.4, -0.2) is 11.6 Å². The zero-order valence-electron chi connectivity index (χ0n) is 15.3. The summed E-state index contributed by atoms with van der Waals surface area (Å²) in [7, 11) is 0. The van der Waals surface area contributed by atoms with Gasteiger partial charge in [0.15, 0.2) is 0 Å². The summed E-state index contributed by atoms with van der Waals surface area (Å²) in [6.07, 6.45) is 7.04. The molecule has 6 rings (SSSR count). The van der Waals surface area contributed by atoms with Gasteiger partial charge in [0.05, 0.1) is 4.34 Å². The highest BCUT2D eigenvalue weighted by Gasteiger charge is 2.56. The maximum absolute atomic E-state index is 6.14. The third kappa shape index (κ3) is 3.29. The van der Waals surface area contributed by atoms with Crippen molar-refractivity contribution in [1.82, 2.24) is 10.6 Å². The van der Waals surface area contributed by atoms with Gasteiger partial charge in [-0.15, -0.1) is 22.7 Å². The van der Waals surface area contributed by atoms with E-state index in [9.17, 15) is 0 Å². The van der Waals surface area contributed by atoms with Crippen molar-refractivity contribution in [2.75, 3.05) is 0 Å². The molecule has 3 atom stereocenters. The molecule has 0 aromatic carbocycles. The Morgan fingerprint density at radius 1 is 1.00 bits per heavy atom. The van der Waals surface area contributed by atoms with E-state index in [1.165, 1.54) is 46.7 Å². The molecule has 2 N–H and O–H groups in total. The van der Waals surface area contributed by atoms with Crippen LogP contribution in [0.15, 0.2) is 24.3 Å². The SMILES string of the molecule is Cc1ccc(CNC2C3CC4CC(C3)CC2(NCc2ccc(Cl)s2)C4)s1. The van der Waals surface area contributed by atoms with E-state index in [0.717, 1.165) is 35.2 Å². The lowest BCUT2D eigenvalue weighted by atomic mass is 9.50. The number of halogens is 1. The van der Waals surface area contributed by atoms with Gasteiger partial charge in [-0.1, -0.05) is 11.6 Å². The summed E-state index contributed by atoms with van der Waals surface area (Å²) >= 11 is 9.79. The predicted octanol–water partition coefficient (Wildman–Crippen LogP) is 5.60. The Labute approximate surface area is 169 Å². The van der Waals surface area contributed by atoms with Gasteiger partial charge in [-0.2, -0.15) is 0 Å². The summed E-state index contributed by atoms with van der Waals surface area (Å²) in [5.74, 6) is 2.73. The Hall–Kier alpha value is -0.390. The fourth-order valence-corrected chi connectivity index (χ4v) is 8.03. The lowest BCUT2D eigenvalue weighted by Gasteiger charge is -2.61. The van der Waals surface area contributed by atoms with Gasteiger partial charge < -0.3 is 10.6 Å². The summed E-state index contributed by atoms with van der Waals surface area (Å²) in [6, 6.07) is 9.34. The van der Waals surface area contributed by atoms with Gasteiger partial charge in [-0.3, -0.25) is 0 Å². The predicted molar refractivity (Wildman–Crippen MR) is 112 cm³/mol. The Bertz CT molecular complexity index is 769. The largest absolute Gasteiger partial charge is 0.307 e. The molecule has 2 heterocycles. The number of hydrogen-bond acceptors (Lipinski definition) is 4. The highest BCUT2D eigenvalue weighted by molar-refractivity contribution is 7.16. The molecule has 0 saturated heterocycles. The van der Waals surface area contributed by atoms with Gasteiger partial charge in [0, 0.05) is 39.3 Å². The average Bonchev–Trinajstić information content (AvgIpc) is 3.20. The van der Waals surface area contributed by atoms with Gasteiger partial charge in [-0.25, -0.2) is 0 Å². The van der Waals surface area contributed by atoms with Crippen LogP contribution >= 0.6 is 34.3 Å². The number of aryl methyl sites for hydroxylation is 1. The molecular formula is C21H27ClN2S2. The zero-order valence-corrected chi connectivity index (χ0v) is 17.7. The van der Waals surface area contributed by atoms with Crippen molar-refractivity contribution >= 4 is 34.3 Å². The van der Waals surface area contributed by atoms with E-state index >= 15 is 0 Å². The number of nitrogens with one attached hydrogen (secondary N) is 2. The topological polar surface area (TPSA) is 24.1 Å². The zero-order chi connectivity index (χ0) is 17.7. The molecular weight excluding hydrogens is 380 g/mol. The van der Waals surface area contributed by atoms with Crippen LogP contribution in [0.25, 0.3) is 0 Å². The van der Waals surface area contributed by atoms with Crippen molar-refractivity contribution < 1.29 is 0 Å². The molecule has 0 aliphatic heterocycles. The standard InChI is InChI=1S/C21H27ClN2S2/c1-13-2-3-17(25-13)11-23-20-16-7-14-6-15(8-16)10-21(20,9-14)24-12-18-4-5-19(22)26-18/h2-5,14-16,20,23-24H,6-12H2,1H3. The number of hydrogen-bond donors (Lipinski definition) is 2. The lowest BCUT2D eigenvalue weighted by molar-refractivity contribution is -0.0526. The Morgan fingerprint density at radius 3 is 2.38 bits per heavy atom. The quantitative estimate of drug-likeness (QED) is 0.652. The van der Waals surface area contributed by atoms with E-state index in [2.05, 4.69) is 35.8 Å². The van der Waals surface area contributed by atoms with Crippen LogP contribution in [0.2, 0.25) is 4.34 Å². The normalized spacial score (nSPS) is 35.3. The molecule has 4 fully saturated rings. The molecule has 4 bridgehead atoms. The van der Waals surface area contributed by atoms with Gasteiger partial charge in [0.25, 0.3) is 0 Å². The second-order valence-corrected chi connectivity index (χ2v) is 11.9. The molecule has 4 aliphatic carbocycles. The fourth-order valence-electron chi connectivity index (χ4n) is 6.16. The van der Waals surface area contributed by atoms with E-state index in [1.807, 2.05) is 17.4 Å². The first kappa shape index (κ1) is 17.7. The lowest BCUT2D eigenvalue weighted by Crippen LogP contribution is -2.70. The monoisotopic (exact) mass is 406 g/mol. The maximum Gasteiger partial charge on any atom is 0.0931 e. The molecule has 0 amide bonds. The van der Waals surface area contributed by atoms with Crippen LogP contribution in [0.5, 0.6) is 0 Å². The highest BCUT2D eigenvalue weighted by Crippen LogP contribution is 2.56. The molecule has 26 heavy (non-hydrogen) atoms. The van der Waals surface area contributed by atoms with Crippen molar-refractivity contribution in [3.05, 3.63) is 43.2 Å². The minimum atomic E-state index is 0.275. The van der Waals surface area contributed by atoms with Crippen LogP contribution in [0.4, 0.5) is 0 Å². The summed E-state index contributed by atoms with van der Waals surface area (Å²) in [5, 5.41) is 8.04. The van der Waals surface area contributed by atoms with Crippen molar-refractivity contribution in [1.29, 1.82) is 0 Å². The van der Waals surface area contributed by atoms with Gasteiger partial charge in [0.1, 0.15) is 0 Å². The molecule has 4 aliphatic rings. The molecule has 0 radical (unpaired) electrons. The van der Waals surface area contributed by atoms with Gasteiger partial charge >= 0.3 is 0 Å². The maximum atomic E-state index is 6.14. The average molecular weight is 407 g/mol. The van der Waals surface area contributed by atoms with Gasteiger partial charge in [-0.05, 0) is 81.0 Å². The van der Waals surface area contributed by atoms with Crippen LogP contribution in [0, 0.1) is 24.7 Å². The summed E-state index contributed by atoms with van der Waals surface area (Å²) < 4.78 is 0.898. The molecule has 2 nitrogen and oxygen atoms in total. The molecule has 5 heteroatoms. The van der Waals surface area contributed by atoms with Crippen LogP contribution < -0.4 is 10.6 Å². The van der Waals surface area contributed by atoms with Crippen molar-refractivity contribution in [2.45, 2.75) is 63.7 Å². The third-order valence-electron chi connectivity index (χ3n) is 6.85. The first-order valence-electron chi connectivity index (χ1n) is 9.87. The van der Waals surface area contributed by atoms with E-state index in [0.29, 0.717) is 6.04 Å². The first-order chi connectivity index (χ1) is 12.6. The van der Waals surface area contributed by atoms with Gasteiger partial charge in [0.2, 0.25) is 0 Å². The third-order valence-corrected chi connectivity index (χ3v) is 9.08. The minimum absolute atomic E-state index is 0.275. The second-order valence-electron chi connectivity index (χ2n) is 8.69. The van der Waals surface area contributed by atoms with Crippen LogP contribution in [0.3, 0.4) is 0 Å². The number of rotatable bonds is 6. The fraction of sp³-hybridized carbons (Fsp3) is 0.619. The first-order valence-corrected chi connectivity index (χ1v) is 11.9. The van der Waals surface area contributed by atoms with Crippen molar-refractivity contribution in [2.24, 2.45) is 17.8 Å². The Morgan fingerprint density at radius 2 is 1.73 bits per heavy atom. The number of thiophene rings is 2. The molecule has 3 unspecified atom stereocenters. The Kier molecular flexibility index (Phi) is 4.69. The van der Waals surface area contributed by atoms with E-state index in [1.54, 1.807) is 11.3 Å². The van der Waals surface area contributed by atoms with Crippen LogP contribution in [0.1, 0.15) is 46.7 Å². The van der Waals surface area contributed by atoms with E-state index in [-0.39, 0.29) is 5.54 Å². The molecule has 4 saturated carbocycles. The molecule has 140 valence electrons. The van der Waals surface area contributed by atoms with Crippen molar-refractivity contribution in [3.8, 4) is 0 Å². The summed E-state index contributed by atoms with van der Waals surface area (Å²) in [5.41, 5.74) is 0.275. The summed E-state index contributed by atoms with van der Waals surface area (Å²) in [4.78, 5) is 4.24. The molecule has 0 spiro atoms. The smallest absolute Gasteiger partial charge is 0.0931 e. The van der Waals surface area contributed by atoms with E-state index in [4.69, 9.17) is 11.6 Å². The Balaban J connectivity index is 1.34. The van der Waals surface area contributed by atoms with E-state index < -0.39 is 0 Å².